The second kappa shape index (κ2) is 18.5. The molecule has 0 saturated heterocycles. The first kappa shape index (κ1) is 20.9. The Bertz CT molecular complexity index is 552. The Morgan fingerprint density at radius 1 is 0.964 bits per heavy atom. The molecule has 0 heterocycles. The maximum absolute atomic E-state index is 11.9. The highest BCUT2D eigenvalue weighted by atomic mass is 16.4. The van der Waals surface area contributed by atoms with Crippen molar-refractivity contribution in [3.8, 4) is 0 Å². The fourth-order valence-electron chi connectivity index (χ4n) is 2.83. The van der Waals surface area contributed by atoms with Crippen LogP contribution in [0.3, 0.4) is 0 Å². The highest BCUT2D eigenvalue weighted by molar-refractivity contribution is 5.96. The molecule has 0 aliphatic carbocycles. The van der Waals surface area contributed by atoms with E-state index in [0.717, 1.165) is 19.3 Å². The second-order valence-electron chi connectivity index (χ2n) is 7.21. The summed E-state index contributed by atoms with van der Waals surface area (Å²) in [6.45, 7) is -1.44. The van der Waals surface area contributed by atoms with Crippen LogP contribution in [0.25, 0.3) is 0 Å². The number of hydrogen-bond donors (Lipinski definition) is 3. The molecule has 0 aromatic carbocycles. The molecule has 0 aromatic heterocycles. The normalized spacial score (nSPS) is 13.0. The molecule has 0 bridgehead atoms. The quantitative estimate of drug-likeness (QED) is 0.138. The zero-order valence-corrected chi connectivity index (χ0v) is 17.5. The lowest BCUT2D eigenvalue weighted by molar-refractivity contribution is -0.137. The Kier molecular flexibility index (Phi) is 13.8. The van der Waals surface area contributed by atoms with E-state index < -0.39 is 31.4 Å². The van der Waals surface area contributed by atoms with Gasteiger partial charge in [0.25, 0.3) is 0 Å². The third-order valence-corrected chi connectivity index (χ3v) is 4.49. The van der Waals surface area contributed by atoms with Crippen molar-refractivity contribution in [3.63, 3.8) is 0 Å². The van der Waals surface area contributed by atoms with Crippen molar-refractivity contribution < 1.29 is 18.8 Å². The molecule has 1 amide bonds. The summed E-state index contributed by atoms with van der Waals surface area (Å²) in [5, 5.41) is 18.6. The van der Waals surface area contributed by atoms with Gasteiger partial charge in [-0.3, -0.25) is 20.3 Å². The van der Waals surface area contributed by atoms with Crippen LogP contribution >= 0.6 is 0 Å². The van der Waals surface area contributed by atoms with Crippen molar-refractivity contribution in [3.05, 3.63) is 12.2 Å². The summed E-state index contributed by atoms with van der Waals surface area (Å²) in [4.78, 5) is 23.0. The number of allylic oxidation sites excluding steroid dienone is 2. The molecule has 0 saturated carbocycles. The Morgan fingerprint density at radius 2 is 1.50 bits per heavy atom. The number of rotatable bonds is 17. The van der Waals surface area contributed by atoms with Crippen molar-refractivity contribution in [2.24, 2.45) is 0 Å². The van der Waals surface area contributed by atoms with E-state index in [4.69, 9.17) is 14.6 Å². The zero-order valence-electron chi connectivity index (χ0n) is 20.5. The summed E-state index contributed by atoms with van der Waals surface area (Å²) in [7, 11) is 0. The average molecular weight is 399 g/mol. The van der Waals surface area contributed by atoms with Gasteiger partial charge in [-0.25, -0.2) is 0 Å². The molecule has 28 heavy (non-hydrogen) atoms. The summed E-state index contributed by atoms with van der Waals surface area (Å²) in [6.07, 6.45) is 19.8. The zero-order chi connectivity index (χ0) is 23.5. The number of amides is 1. The van der Waals surface area contributed by atoms with E-state index in [1.807, 2.05) is 0 Å². The summed E-state index contributed by atoms with van der Waals surface area (Å²) in [6, 6.07) is 0. The van der Waals surface area contributed by atoms with Crippen LogP contribution in [0.5, 0.6) is 0 Å². The standard InChI is InChI=1S/C22H41N3O3/c1-3-4-5-6-7-8-9-10-11-12-13-14-15-16-17-18-20(26)24-22(23)25(2)19-21(27)28/h13-14H,3-12,15-19H2,1-2H3,(H,27,28)(H2,23,24,26)/b14-13-/i2D3. The van der Waals surface area contributed by atoms with Gasteiger partial charge in [-0.2, -0.15) is 0 Å². The number of guanidine groups is 1. The number of nitrogens with zero attached hydrogens (tertiary/aromatic N) is 1. The van der Waals surface area contributed by atoms with E-state index in [9.17, 15) is 9.59 Å². The van der Waals surface area contributed by atoms with Gasteiger partial charge < -0.3 is 10.0 Å². The highest BCUT2D eigenvalue weighted by Crippen LogP contribution is 2.11. The van der Waals surface area contributed by atoms with Crippen molar-refractivity contribution in [2.45, 2.75) is 96.8 Å². The third-order valence-electron chi connectivity index (χ3n) is 4.49. The van der Waals surface area contributed by atoms with E-state index in [2.05, 4.69) is 24.4 Å². The van der Waals surface area contributed by atoms with E-state index >= 15 is 0 Å². The van der Waals surface area contributed by atoms with Crippen molar-refractivity contribution >= 4 is 17.8 Å². The molecule has 0 radical (unpaired) electrons. The summed E-state index contributed by atoms with van der Waals surface area (Å²) >= 11 is 0. The second-order valence-corrected chi connectivity index (χ2v) is 7.21. The van der Waals surface area contributed by atoms with Crippen LogP contribution in [0.4, 0.5) is 0 Å². The monoisotopic (exact) mass is 398 g/mol. The van der Waals surface area contributed by atoms with Crippen LogP contribution in [0.1, 0.15) is 101 Å². The predicted octanol–water partition coefficient (Wildman–Crippen LogP) is 5.09. The number of hydrogen-bond acceptors (Lipinski definition) is 3. The molecule has 0 rings (SSSR count). The van der Waals surface area contributed by atoms with Gasteiger partial charge in [0.05, 0.1) is 0 Å². The first-order valence-electron chi connectivity index (χ1n) is 12.2. The van der Waals surface area contributed by atoms with Crippen LogP contribution in [0.15, 0.2) is 12.2 Å². The maximum Gasteiger partial charge on any atom is 0.323 e. The van der Waals surface area contributed by atoms with Crippen LogP contribution in [-0.2, 0) is 9.59 Å². The lowest BCUT2D eigenvalue weighted by Gasteiger charge is -2.17. The van der Waals surface area contributed by atoms with Crippen LogP contribution < -0.4 is 5.32 Å². The molecule has 0 fully saturated rings. The number of carbonyl (C=O) groups excluding carboxylic acids is 1. The topological polar surface area (TPSA) is 93.5 Å². The number of carboxylic acid groups (broad SMARTS) is 1. The van der Waals surface area contributed by atoms with Crippen LogP contribution in [0.2, 0.25) is 0 Å². The SMILES string of the molecule is [2H]C([2H])([2H])N(CC(=O)O)C(=N)NC(=O)CCCC/C=C\CCCCCCCCCCC. The third kappa shape index (κ3) is 17.6. The van der Waals surface area contributed by atoms with Gasteiger partial charge in [0.1, 0.15) is 6.54 Å². The molecular weight excluding hydrogens is 354 g/mol. The van der Waals surface area contributed by atoms with Crippen LogP contribution in [0, 0.1) is 5.41 Å². The van der Waals surface area contributed by atoms with Gasteiger partial charge in [0.15, 0.2) is 5.96 Å². The number of nitrogens with one attached hydrogen (secondary N) is 2. The van der Waals surface area contributed by atoms with Gasteiger partial charge in [-0.1, -0.05) is 70.4 Å². The number of carboxylic acids is 1. The number of likely N-dealkylation sites (N-methyl/N-ethyl adjacent to an activating group) is 1. The fraction of sp³-hybridized carbons (Fsp3) is 0.773. The van der Waals surface area contributed by atoms with Gasteiger partial charge in [0, 0.05) is 17.5 Å². The molecule has 6 nitrogen and oxygen atoms in total. The highest BCUT2D eigenvalue weighted by Gasteiger charge is 2.11. The number of aliphatic carboxylic acids is 1. The first-order chi connectivity index (χ1) is 14.7. The largest absolute Gasteiger partial charge is 0.480 e. The van der Waals surface area contributed by atoms with E-state index in [0.29, 0.717) is 11.3 Å². The van der Waals surface area contributed by atoms with Gasteiger partial charge in [0.2, 0.25) is 5.91 Å². The average Bonchev–Trinajstić information content (AvgIpc) is 2.68. The van der Waals surface area contributed by atoms with Crippen LogP contribution in [-0.4, -0.2) is 41.4 Å². The van der Waals surface area contributed by atoms with Crippen molar-refractivity contribution in [1.29, 1.82) is 5.41 Å². The molecule has 6 heteroatoms. The predicted molar refractivity (Wildman–Crippen MR) is 116 cm³/mol. The fourth-order valence-corrected chi connectivity index (χ4v) is 2.83. The molecule has 0 aromatic rings. The minimum Gasteiger partial charge on any atom is -0.480 e. The summed E-state index contributed by atoms with van der Waals surface area (Å²) < 4.78 is 21.8. The molecule has 0 aliphatic heterocycles. The van der Waals surface area contributed by atoms with Crippen molar-refractivity contribution in [2.75, 3.05) is 13.5 Å². The molecular formula is C22H41N3O3. The molecule has 162 valence electrons. The van der Waals surface area contributed by atoms with Gasteiger partial charge >= 0.3 is 5.97 Å². The molecule has 3 N–H and O–H groups in total. The van der Waals surface area contributed by atoms with E-state index in [1.165, 1.54) is 57.8 Å². The number of unbranched alkanes of at least 4 members (excludes halogenated alkanes) is 11. The Morgan fingerprint density at radius 3 is 2.04 bits per heavy atom. The Labute approximate surface area is 175 Å². The smallest absolute Gasteiger partial charge is 0.323 e. The van der Waals surface area contributed by atoms with E-state index in [-0.39, 0.29) is 6.42 Å². The molecule has 0 aliphatic rings. The molecule has 0 atom stereocenters. The lowest BCUT2D eigenvalue weighted by Crippen LogP contribution is -2.43. The lowest BCUT2D eigenvalue weighted by atomic mass is 10.1. The Balaban J connectivity index is 3.76. The van der Waals surface area contributed by atoms with E-state index in [1.54, 1.807) is 0 Å². The minimum atomic E-state index is -2.80. The minimum absolute atomic E-state index is 0.163. The summed E-state index contributed by atoms with van der Waals surface area (Å²) in [5.41, 5.74) is 0. The first-order valence-corrected chi connectivity index (χ1v) is 10.7. The van der Waals surface area contributed by atoms with Gasteiger partial charge in [-0.05, 0) is 32.1 Å². The summed E-state index contributed by atoms with van der Waals surface area (Å²) in [5.74, 6) is -2.58. The van der Waals surface area contributed by atoms with Gasteiger partial charge in [-0.15, -0.1) is 0 Å². The number of carbonyl (C=O) groups is 2. The Hall–Kier alpha value is -1.85. The van der Waals surface area contributed by atoms with Crippen molar-refractivity contribution in [1.82, 2.24) is 10.2 Å². The molecule has 0 spiro atoms. The maximum atomic E-state index is 11.9. The molecule has 0 unspecified atom stereocenters.